The molecule has 0 saturated heterocycles. The molecule has 2 atom stereocenters. The van der Waals surface area contributed by atoms with Gasteiger partial charge in [-0.15, -0.1) is 0 Å². The number of fused-ring (bicyclic) bond motifs is 2. The van der Waals surface area contributed by atoms with Crippen LogP contribution in [0.1, 0.15) is 19.4 Å². The number of nitrogens with one attached hydrogen (secondary N) is 2. The summed E-state index contributed by atoms with van der Waals surface area (Å²) in [6.07, 6.45) is 0.206. The molecule has 2 unspecified atom stereocenters. The Bertz CT molecular complexity index is 1600. The van der Waals surface area contributed by atoms with E-state index < -0.39 is 45.1 Å². The summed E-state index contributed by atoms with van der Waals surface area (Å²) >= 11 is 0. The number of amides is 3. The lowest BCUT2D eigenvalue weighted by atomic mass is 9.90. The summed E-state index contributed by atoms with van der Waals surface area (Å²) in [5.74, 6) is -1.60. The zero-order chi connectivity index (χ0) is 29.8. The number of anilines is 1. The zero-order valence-electron chi connectivity index (χ0n) is 22.9. The van der Waals surface area contributed by atoms with Gasteiger partial charge in [0.05, 0.1) is 22.1 Å². The number of nitrogens with zero attached hydrogens (tertiary/aromatic N) is 1. The molecule has 3 amide bonds. The molecule has 0 radical (unpaired) electrons. The molecule has 11 heteroatoms. The summed E-state index contributed by atoms with van der Waals surface area (Å²) in [4.78, 5) is 41.0. The van der Waals surface area contributed by atoms with Crippen LogP contribution in [0.25, 0.3) is 10.8 Å². The standard InChI is InChI=1S/C30H34N4O6S/c1-30(2,19-34-25-9-5-6-10-26(25)41(39,40)14-13-27(34)36)29(38)33-24(28(37)32-18-23(35)17-31)16-20-11-12-21-7-3-4-8-22(21)15-20/h3-15,23-24,35H,16-19,31H2,1-2H3,(H,32,37)(H,33,38). The van der Waals surface area contributed by atoms with Gasteiger partial charge in [-0.05, 0) is 42.3 Å². The van der Waals surface area contributed by atoms with Crippen molar-refractivity contribution in [3.63, 3.8) is 0 Å². The lowest BCUT2D eigenvalue weighted by Gasteiger charge is -2.33. The van der Waals surface area contributed by atoms with Gasteiger partial charge in [0.25, 0.3) is 5.91 Å². The van der Waals surface area contributed by atoms with Crippen LogP contribution in [-0.2, 0) is 30.6 Å². The number of rotatable bonds is 10. The molecule has 3 aromatic carbocycles. The van der Waals surface area contributed by atoms with E-state index in [0.717, 1.165) is 27.8 Å². The Morgan fingerprint density at radius 2 is 1.71 bits per heavy atom. The molecule has 1 aliphatic rings. The van der Waals surface area contributed by atoms with Crippen LogP contribution >= 0.6 is 0 Å². The summed E-state index contributed by atoms with van der Waals surface area (Å²) in [6, 6.07) is 18.7. The highest BCUT2D eigenvalue weighted by molar-refractivity contribution is 7.94. The number of hydrogen-bond acceptors (Lipinski definition) is 7. The van der Waals surface area contributed by atoms with Gasteiger partial charge in [-0.1, -0.05) is 54.6 Å². The molecule has 41 heavy (non-hydrogen) atoms. The molecule has 0 bridgehead atoms. The van der Waals surface area contributed by atoms with Gasteiger partial charge in [0, 0.05) is 37.5 Å². The Morgan fingerprint density at radius 1 is 1.02 bits per heavy atom. The molecule has 0 saturated carbocycles. The molecule has 1 heterocycles. The minimum Gasteiger partial charge on any atom is -0.390 e. The highest BCUT2D eigenvalue weighted by Crippen LogP contribution is 2.32. The predicted molar refractivity (Wildman–Crippen MR) is 157 cm³/mol. The van der Waals surface area contributed by atoms with Gasteiger partial charge in [-0.25, -0.2) is 8.42 Å². The van der Waals surface area contributed by atoms with Crippen LogP contribution in [-0.4, -0.2) is 63.0 Å². The predicted octanol–water partition coefficient (Wildman–Crippen LogP) is 1.66. The van der Waals surface area contributed by atoms with Gasteiger partial charge >= 0.3 is 0 Å². The van der Waals surface area contributed by atoms with Crippen molar-refractivity contribution in [1.29, 1.82) is 0 Å². The molecule has 0 aromatic heterocycles. The van der Waals surface area contributed by atoms with Crippen molar-refractivity contribution in [2.45, 2.75) is 37.3 Å². The first kappa shape index (κ1) is 29.9. The van der Waals surface area contributed by atoms with Gasteiger partial charge in [0.2, 0.25) is 21.7 Å². The summed E-state index contributed by atoms with van der Waals surface area (Å²) in [7, 11) is -3.84. The normalized spacial score (nSPS) is 16.0. The fraction of sp³-hybridized carbons (Fsp3) is 0.300. The van der Waals surface area contributed by atoms with Gasteiger partial charge in [-0.2, -0.15) is 0 Å². The molecule has 0 aliphatic carbocycles. The van der Waals surface area contributed by atoms with Crippen molar-refractivity contribution in [2.75, 3.05) is 24.5 Å². The van der Waals surface area contributed by atoms with Gasteiger partial charge in [-0.3, -0.25) is 14.4 Å². The lowest BCUT2D eigenvalue weighted by Crippen LogP contribution is -2.55. The number of hydrogen-bond donors (Lipinski definition) is 4. The number of para-hydroxylation sites is 1. The van der Waals surface area contributed by atoms with Crippen LogP contribution in [0.3, 0.4) is 0 Å². The van der Waals surface area contributed by atoms with Crippen molar-refractivity contribution >= 4 is 44.0 Å². The molecule has 10 nitrogen and oxygen atoms in total. The third-order valence-corrected chi connectivity index (χ3v) is 8.40. The Labute approximate surface area is 239 Å². The minimum absolute atomic E-state index is 0.0367. The summed E-state index contributed by atoms with van der Waals surface area (Å²) < 4.78 is 25.4. The van der Waals surface area contributed by atoms with E-state index in [1.54, 1.807) is 26.0 Å². The Balaban J connectivity index is 1.58. The maximum Gasteiger partial charge on any atom is 0.251 e. The third kappa shape index (κ3) is 6.99. The minimum atomic E-state index is -3.84. The number of carbonyl (C=O) groups is 3. The molecule has 1 aliphatic heterocycles. The lowest BCUT2D eigenvalue weighted by molar-refractivity contribution is -0.134. The van der Waals surface area contributed by atoms with Gasteiger partial charge in [0.15, 0.2) is 0 Å². The van der Waals surface area contributed by atoms with E-state index >= 15 is 0 Å². The van der Waals surface area contributed by atoms with Crippen molar-refractivity contribution in [3.05, 3.63) is 83.8 Å². The van der Waals surface area contributed by atoms with E-state index in [9.17, 15) is 27.9 Å². The molecule has 3 aromatic rings. The smallest absolute Gasteiger partial charge is 0.251 e. The van der Waals surface area contributed by atoms with E-state index in [-0.39, 0.29) is 36.6 Å². The largest absolute Gasteiger partial charge is 0.390 e. The molecule has 5 N–H and O–H groups in total. The Hall–Kier alpha value is -4.06. The van der Waals surface area contributed by atoms with Crippen molar-refractivity contribution in [2.24, 2.45) is 11.1 Å². The van der Waals surface area contributed by atoms with Crippen molar-refractivity contribution in [1.82, 2.24) is 10.6 Å². The van der Waals surface area contributed by atoms with Crippen molar-refractivity contribution < 1.29 is 27.9 Å². The first-order chi connectivity index (χ1) is 19.4. The summed E-state index contributed by atoms with van der Waals surface area (Å²) in [5.41, 5.74) is 5.22. The van der Waals surface area contributed by atoms with E-state index in [0.29, 0.717) is 0 Å². The van der Waals surface area contributed by atoms with E-state index in [1.807, 2.05) is 42.5 Å². The zero-order valence-corrected chi connectivity index (χ0v) is 23.7. The second-order valence-electron chi connectivity index (χ2n) is 10.7. The van der Waals surface area contributed by atoms with Gasteiger partial charge < -0.3 is 26.4 Å². The maximum atomic E-state index is 13.6. The number of carbonyl (C=O) groups excluding carboxylic acids is 3. The number of sulfone groups is 1. The number of nitrogens with two attached hydrogens (primary N) is 1. The van der Waals surface area contributed by atoms with Crippen LogP contribution in [0.15, 0.2) is 83.1 Å². The molecular weight excluding hydrogens is 544 g/mol. The monoisotopic (exact) mass is 578 g/mol. The second-order valence-corrected chi connectivity index (χ2v) is 12.5. The van der Waals surface area contributed by atoms with Crippen LogP contribution in [0.2, 0.25) is 0 Å². The number of aliphatic hydroxyl groups is 1. The van der Waals surface area contributed by atoms with Gasteiger partial charge in [0.1, 0.15) is 6.04 Å². The maximum absolute atomic E-state index is 13.6. The Kier molecular flexibility index (Phi) is 8.91. The van der Waals surface area contributed by atoms with E-state index in [4.69, 9.17) is 5.73 Å². The van der Waals surface area contributed by atoms with E-state index in [2.05, 4.69) is 10.6 Å². The average molecular weight is 579 g/mol. The van der Waals surface area contributed by atoms with E-state index in [1.165, 1.54) is 17.0 Å². The molecule has 0 fully saturated rings. The third-order valence-electron chi connectivity index (χ3n) is 6.95. The second kappa shape index (κ2) is 12.2. The van der Waals surface area contributed by atoms with Crippen LogP contribution in [0, 0.1) is 5.41 Å². The quantitative estimate of drug-likeness (QED) is 0.285. The number of aliphatic hydroxyl groups excluding tert-OH is 1. The average Bonchev–Trinajstić information content (AvgIpc) is 3.05. The first-order valence-corrected chi connectivity index (χ1v) is 14.7. The summed E-state index contributed by atoms with van der Waals surface area (Å²) in [6.45, 7) is 2.97. The fourth-order valence-corrected chi connectivity index (χ4v) is 5.75. The Morgan fingerprint density at radius 3 is 2.44 bits per heavy atom. The van der Waals surface area contributed by atoms with Crippen LogP contribution < -0.4 is 21.3 Å². The molecule has 0 spiro atoms. The number of benzene rings is 3. The molecule has 4 rings (SSSR count). The SMILES string of the molecule is CC(C)(CN1C(=O)C=CS(=O)(=O)c2ccccc21)C(=O)NC(Cc1ccc2ccccc2c1)C(=O)NCC(O)CN. The summed E-state index contributed by atoms with van der Waals surface area (Å²) in [5, 5.41) is 18.2. The topological polar surface area (TPSA) is 159 Å². The van der Waals surface area contributed by atoms with Crippen LogP contribution in [0.5, 0.6) is 0 Å². The first-order valence-electron chi connectivity index (χ1n) is 13.2. The molecular formula is C30H34N4O6S. The highest BCUT2D eigenvalue weighted by atomic mass is 32.2. The molecule has 216 valence electrons. The highest BCUT2D eigenvalue weighted by Gasteiger charge is 2.37. The van der Waals surface area contributed by atoms with Crippen LogP contribution in [0.4, 0.5) is 5.69 Å². The van der Waals surface area contributed by atoms with Crippen molar-refractivity contribution in [3.8, 4) is 0 Å². The fourth-order valence-electron chi connectivity index (χ4n) is 4.57.